The molecule has 2 aromatic rings. The first-order valence-electron chi connectivity index (χ1n) is 7.09. The molecule has 5 heteroatoms. The van der Waals surface area contributed by atoms with Crippen LogP contribution in [0.15, 0.2) is 50.7 Å². The van der Waals surface area contributed by atoms with E-state index in [2.05, 4.69) is 17.2 Å². The lowest BCUT2D eigenvalue weighted by Gasteiger charge is -2.02. The summed E-state index contributed by atoms with van der Waals surface area (Å²) in [5.74, 6) is 1.35. The summed E-state index contributed by atoms with van der Waals surface area (Å²) in [7, 11) is 0. The molecule has 1 fully saturated rings. The average molecular weight is 312 g/mol. The Bertz CT molecular complexity index is 774. The summed E-state index contributed by atoms with van der Waals surface area (Å²) in [4.78, 5) is 17.2. The number of thioether (sulfide) groups is 1. The van der Waals surface area contributed by atoms with Gasteiger partial charge in [-0.1, -0.05) is 25.1 Å². The molecule has 1 aliphatic heterocycles. The molecule has 22 heavy (non-hydrogen) atoms. The molecule has 2 heterocycles. The van der Waals surface area contributed by atoms with E-state index in [0.29, 0.717) is 15.8 Å². The third kappa shape index (κ3) is 3.14. The van der Waals surface area contributed by atoms with Crippen LogP contribution in [0.25, 0.3) is 6.08 Å². The van der Waals surface area contributed by atoms with E-state index < -0.39 is 0 Å². The topological polar surface area (TPSA) is 54.6 Å². The largest absolute Gasteiger partial charge is 0.462 e. The van der Waals surface area contributed by atoms with Crippen LogP contribution in [-0.2, 0) is 11.2 Å². The number of hydrogen-bond donors (Lipinski definition) is 1. The van der Waals surface area contributed by atoms with Gasteiger partial charge < -0.3 is 9.73 Å². The van der Waals surface area contributed by atoms with Gasteiger partial charge in [-0.2, -0.15) is 0 Å². The van der Waals surface area contributed by atoms with E-state index in [1.165, 1.54) is 11.8 Å². The maximum atomic E-state index is 12.0. The van der Waals surface area contributed by atoms with Crippen LogP contribution in [0.4, 0.5) is 5.69 Å². The van der Waals surface area contributed by atoms with Gasteiger partial charge >= 0.3 is 0 Å². The number of amides is 1. The number of furan rings is 1. The quantitative estimate of drug-likeness (QED) is 0.870. The van der Waals surface area contributed by atoms with E-state index in [0.717, 1.165) is 23.4 Å². The average Bonchev–Trinajstić information content (AvgIpc) is 3.06. The molecule has 1 saturated heterocycles. The van der Waals surface area contributed by atoms with Gasteiger partial charge in [0.2, 0.25) is 0 Å². The van der Waals surface area contributed by atoms with Crippen molar-refractivity contribution in [2.75, 3.05) is 0 Å². The highest BCUT2D eigenvalue weighted by Crippen LogP contribution is 2.29. The van der Waals surface area contributed by atoms with E-state index in [1.54, 1.807) is 6.08 Å². The van der Waals surface area contributed by atoms with Crippen LogP contribution < -0.4 is 5.32 Å². The maximum Gasteiger partial charge on any atom is 0.264 e. The van der Waals surface area contributed by atoms with Crippen molar-refractivity contribution in [3.05, 3.63) is 58.4 Å². The number of aryl methyl sites for hydroxylation is 2. The molecule has 112 valence electrons. The summed E-state index contributed by atoms with van der Waals surface area (Å²) in [5.41, 5.74) is 2.05. The van der Waals surface area contributed by atoms with Crippen LogP contribution in [0.1, 0.15) is 24.0 Å². The molecule has 0 bridgehead atoms. The minimum atomic E-state index is -0.146. The Morgan fingerprint density at radius 2 is 2.09 bits per heavy atom. The molecular formula is C17H16N2O2S. The molecule has 0 atom stereocenters. The number of rotatable bonds is 3. The molecule has 1 aromatic carbocycles. The van der Waals surface area contributed by atoms with Gasteiger partial charge in [-0.25, -0.2) is 4.99 Å². The fraction of sp³-hybridized carbons (Fsp3) is 0.176. The third-order valence-electron chi connectivity index (χ3n) is 3.28. The molecule has 0 spiro atoms. The van der Waals surface area contributed by atoms with E-state index >= 15 is 0 Å². The Hall–Kier alpha value is -2.27. The van der Waals surface area contributed by atoms with Gasteiger partial charge in [-0.15, -0.1) is 0 Å². The highest BCUT2D eigenvalue weighted by Gasteiger charge is 2.24. The lowest BCUT2D eigenvalue weighted by Crippen LogP contribution is -2.19. The van der Waals surface area contributed by atoms with Crippen LogP contribution in [0.2, 0.25) is 0 Å². The SMILES string of the molecule is CCc1ccccc1N=C1NC(=O)C(=Cc2ccc(C)o2)S1. The second kappa shape index (κ2) is 6.23. The molecular weight excluding hydrogens is 296 g/mol. The first kappa shape index (κ1) is 14.7. The smallest absolute Gasteiger partial charge is 0.264 e. The highest BCUT2D eigenvalue weighted by atomic mass is 32.2. The number of carbonyl (C=O) groups is 1. The molecule has 1 amide bonds. The lowest BCUT2D eigenvalue weighted by molar-refractivity contribution is -0.115. The van der Waals surface area contributed by atoms with Crippen molar-refractivity contribution in [1.29, 1.82) is 0 Å². The fourth-order valence-corrected chi connectivity index (χ4v) is 2.98. The number of carbonyl (C=O) groups excluding carboxylic acids is 1. The normalized spacial score (nSPS) is 18.2. The maximum absolute atomic E-state index is 12.0. The van der Waals surface area contributed by atoms with E-state index in [9.17, 15) is 4.79 Å². The van der Waals surface area contributed by atoms with E-state index in [1.807, 2.05) is 43.3 Å². The minimum absolute atomic E-state index is 0.146. The van der Waals surface area contributed by atoms with Crippen molar-refractivity contribution >= 4 is 34.6 Å². The van der Waals surface area contributed by atoms with Crippen LogP contribution >= 0.6 is 11.8 Å². The summed E-state index contributed by atoms with van der Waals surface area (Å²) in [6.07, 6.45) is 2.64. The number of hydrogen-bond acceptors (Lipinski definition) is 4. The molecule has 3 rings (SSSR count). The summed E-state index contributed by atoms with van der Waals surface area (Å²) in [6.45, 7) is 3.96. The number of nitrogens with one attached hydrogen (secondary N) is 1. The predicted octanol–water partition coefficient (Wildman–Crippen LogP) is 4.04. The second-order valence-corrected chi connectivity index (χ2v) is 5.94. The van der Waals surface area contributed by atoms with Crippen LogP contribution in [0.5, 0.6) is 0 Å². The van der Waals surface area contributed by atoms with Gasteiger partial charge in [0, 0.05) is 6.08 Å². The van der Waals surface area contributed by atoms with Crippen molar-refractivity contribution in [3.8, 4) is 0 Å². The standard InChI is InChI=1S/C17H16N2O2S/c1-3-12-6-4-5-7-14(12)18-17-19-16(20)15(22-17)10-13-9-8-11(2)21-13/h4-10H,3H2,1-2H3,(H,18,19,20). The Kier molecular flexibility index (Phi) is 4.15. The monoisotopic (exact) mass is 312 g/mol. The van der Waals surface area contributed by atoms with Crippen molar-refractivity contribution in [2.45, 2.75) is 20.3 Å². The molecule has 1 N–H and O–H groups in total. The zero-order valence-electron chi connectivity index (χ0n) is 12.4. The van der Waals surface area contributed by atoms with E-state index in [4.69, 9.17) is 4.42 Å². The Morgan fingerprint density at radius 1 is 1.27 bits per heavy atom. The van der Waals surface area contributed by atoms with E-state index in [-0.39, 0.29) is 5.91 Å². The van der Waals surface area contributed by atoms with Crippen LogP contribution in [0, 0.1) is 6.92 Å². The first-order chi connectivity index (χ1) is 10.7. The molecule has 0 radical (unpaired) electrons. The zero-order chi connectivity index (χ0) is 15.5. The van der Waals surface area contributed by atoms with Crippen molar-refractivity contribution in [1.82, 2.24) is 5.32 Å². The molecule has 0 unspecified atom stereocenters. The zero-order valence-corrected chi connectivity index (χ0v) is 13.2. The summed E-state index contributed by atoms with van der Waals surface area (Å²) < 4.78 is 5.47. The van der Waals surface area contributed by atoms with Gasteiger partial charge in [0.1, 0.15) is 11.5 Å². The van der Waals surface area contributed by atoms with Gasteiger partial charge in [0.05, 0.1) is 10.6 Å². The summed E-state index contributed by atoms with van der Waals surface area (Å²) >= 11 is 1.33. The minimum Gasteiger partial charge on any atom is -0.462 e. The van der Waals surface area contributed by atoms with Gasteiger partial charge in [-0.3, -0.25) is 4.79 Å². The molecule has 4 nitrogen and oxygen atoms in total. The fourth-order valence-electron chi connectivity index (χ4n) is 2.17. The number of nitrogens with zero attached hydrogens (tertiary/aromatic N) is 1. The van der Waals surface area contributed by atoms with Crippen molar-refractivity contribution in [2.24, 2.45) is 4.99 Å². The summed E-state index contributed by atoms with van der Waals surface area (Å²) in [6, 6.07) is 11.7. The molecule has 0 saturated carbocycles. The molecule has 1 aliphatic rings. The van der Waals surface area contributed by atoms with Crippen molar-refractivity contribution in [3.63, 3.8) is 0 Å². The predicted molar refractivity (Wildman–Crippen MR) is 90.1 cm³/mol. The lowest BCUT2D eigenvalue weighted by atomic mass is 10.1. The number of aliphatic imine (C=N–C) groups is 1. The second-order valence-electron chi connectivity index (χ2n) is 4.91. The first-order valence-corrected chi connectivity index (χ1v) is 7.91. The van der Waals surface area contributed by atoms with Crippen LogP contribution in [0.3, 0.4) is 0 Å². The number of benzene rings is 1. The Balaban J connectivity index is 1.85. The highest BCUT2D eigenvalue weighted by molar-refractivity contribution is 8.18. The van der Waals surface area contributed by atoms with Crippen LogP contribution in [-0.4, -0.2) is 11.1 Å². The number of para-hydroxylation sites is 1. The van der Waals surface area contributed by atoms with Gasteiger partial charge in [0.15, 0.2) is 5.17 Å². The Morgan fingerprint density at radius 3 is 2.82 bits per heavy atom. The third-order valence-corrected chi connectivity index (χ3v) is 4.19. The van der Waals surface area contributed by atoms with Gasteiger partial charge in [0.25, 0.3) is 5.91 Å². The van der Waals surface area contributed by atoms with Crippen molar-refractivity contribution < 1.29 is 9.21 Å². The summed E-state index contributed by atoms with van der Waals surface area (Å²) in [5, 5.41) is 3.39. The molecule has 1 aromatic heterocycles. The Labute approximate surface area is 133 Å². The van der Waals surface area contributed by atoms with Gasteiger partial charge in [-0.05, 0) is 48.9 Å². The number of amidine groups is 1. The molecule has 0 aliphatic carbocycles.